The average Bonchev–Trinajstić information content (AvgIpc) is 2.69. The van der Waals surface area contributed by atoms with Crippen LogP contribution in [0, 0.1) is 5.82 Å². The van der Waals surface area contributed by atoms with Crippen LogP contribution in [-0.4, -0.2) is 13.9 Å². The number of benzene rings is 1. The third-order valence-electron chi connectivity index (χ3n) is 2.02. The minimum Gasteiger partial charge on any atom is -0.373 e. The Labute approximate surface area is 103 Å². The Morgan fingerprint density at radius 3 is 2.44 bits per heavy atom. The topological polar surface area (TPSA) is 43.4 Å². The minimum absolute atomic E-state index is 0.00914. The third-order valence-corrected chi connectivity index (χ3v) is 3.87. The maximum absolute atomic E-state index is 13.7. The zero-order chi connectivity index (χ0) is 13.6. The van der Waals surface area contributed by atoms with Gasteiger partial charge in [-0.2, -0.15) is 21.6 Å². The zero-order valence-corrected chi connectivity index (χ0v) is 10.00. The van der Waals surface area contributed by atoms with E-state index in [1.807, 2.05) is 0 Å². The Hall–Kier alpha value is -1.35. The predicted molar refractivity (Wildman–Crippen MR) is 57.4 cm³/mol. The van der Waals surface area contributed by atoms with Gasteiger partial charge in [0, 0.05) is 10.1 Å². The Kier molecular flexibility index (Phi) is 2.98. The summed E-state index contributed by atoms with van der Waals surface area (Å²) in [5.74, 6) is -2.11. The first-order valence-electron chi connectivity index (χ1n) is 4.39. The summed E-state index contributed by atoms with van der Waals surface area (Å²) in [4.78, 5) is 0. The van der Waals surface area contributed by atoms with Gasteiger partial charge in [-0.25, -0.2) is 4.39 Å². The monoisotopic (exact) mass is 300 g/mol. The molecule has 18 heavy (non-hydrogen) atoms. The zero-order valence-electron chi connectivity index (χ0n) is 8.36. The SMILES string of the molecule is O=S(=O)(Oc1ccc2sccc2c1F)C(F)(F)F. The molecule has 0 spiro atoms. The lowest BCUT2D eigenvalue weighted by Gasteiger charge is -2.10. The highest BCUT2D eigenvalue weighted by atomic mass is 32.2. The van der Waals surface area contributed by atoms with E-state index < -0.39 is 27.2 Å². The summed E-state index contributed by atoms with van der Waals surface area (Å²) in [5, 5.41) is 1.53. The summed E-state index contributed by atoms with van der Waals surface area (Å²) in [6, 6.07) is 3.45. The molecule has 0 saturated heterocycles. The summed E-state index contributed by atoms with van der Waals surface area (Å²) in [7, 11) is -5.86. The van der Waals surface area contributed by atoms with Crippen molar-refractivity contribution in [1.82, 2.24) is 0 Å². The molecule has 2 rings (SSSR count). The van der Waals surface area contributed by atoms with Crippen LogP contribution in [-0.2, 0) is 10.1 Å². The molecule has 0 saturated carbocycles. The van der Waals surface area contributed by atoms with Crippen molar-refractivity contribution in [2.45, 2.75) is 5.51 Å². The van der Waals surface area contributed by atoms with E-state index in [1.165, 1.54) is 28.8 Å². The van der Waals surface area contributed by atoms with E-state index in [1.54, 1.807) is 0 Å². The van der Waals surface area contributed by atoms with Crippen molar-refractivity contribution in [3.05, 3.63) is 29.4 Å². The van der Waals surface area contributed by atoms with Crippen LogP contribution >= 0.6 is 11.3 Å². The van der Waals surface area contributed by atoms with Crippen LogP contribution in [0.15, 0.2) is 23.6 Å². The largest absolute Gasteiger partial charge is 0.534 e. The number of thiophene rings is 1. The van der Waals surface area contributed by atoms with Gasteiger partial charge in [0.2, 0.25) is 0 Å². The van der Waals surface area contributed by atoms with Gasteiger partial charge in [0.25, 0.3) is 0 Å². The van der Waals surface area contributed by atoms with Gasteiger partial charge in [-0.1, -0.05) is 0 Å². The lowest BCUT2D eigenvalue weighted by molar-refractivity contribution is -0.0500. The highest BCUT2D eigenvalue weighted by Crippen LogP contribution is 2.33. The molecule has 1 heterocycles. The molecule has 9 heteroatoms. The molecule has 1 aromatic carbocycles. The molecule has 0 N–H and O–H groups in total. The molecule has 0 amide bonds. The molecule has 0 bridgehead atoms. The Morgan fingerprint density at radius 1 is 1.17 bits per heavy atom. The molecule has 3 nitrogen and oxygen atoms in total. The van der Waals surface area contributed by atoms with Crippen molar-refractivity contribution in [2.75, 3.05) is 0 Å². The summed E-state index contributed by atoms with van der Waals surface area (Å²) in [6.45, 7) is 0. The summed E-state index contributed by atoms with van der Waals surface area (Å²) >= 11 is 1.17. The molecule has 0 aliphatic rings. The van der Waals surface area contributed by atoms with Crippen LogP contribution in [0.3, 0.4) is 0 Å². The summed E-state index contributed by atoms with van der Waals surface area (Å²) in [5.41, 5.74) is -5.59. The van der Waals surface area contributed by atoms with Crippen molar-refractivity contribution in [3.8, 4) is 5.75 Å². The molecular formula is C9H4F4O3S2. The molecule has 0 unspecified atom stereocenters. The number of halogens is 4. The highest BCUT2D eigenvalue weighted by Gasteiger charge is 2.48. The van der Waals surface area contributed by atoms with Gasteiger partial charge in [0.15, 0.2) is 11.6 Å². The second-order valence-corrected chi connectivity index (χ2v) is 5.68. The van der Waals surface area contributed by atoms with Crippen LogP contribution in [0.25, 0.3) is 10.1 Å². The van der Waals surface area contributed by atoms with E-state index in [-0.39, 0.29) is 5.39 Å². The van der Waals surface area contributed by atoms with Crippen molar-refractivity contribution in [3.63, 3.8) is 0 Å². The van der Waals surface area contributed by atoms with Crippen LogP contribution in [0.1, 0.15) is 0 Å². The third kappa shape index (κ3) is 2.15. The maximum atomic E-state index is 13.7. The van der Waals surface area contributed by atoms with E-state index in [9.17, 15) is 26.0 Å². The molecule has 0 fully saturated rings. The van der Waals surface area contributed by atoms with Gasteiger partial charge in [-0.05, 0) is 23.6 Å². The van der Waals surface area contributed by atoms with Gasteiger partial charge in [-0.3, -0.25) is 0 Å². The fourth-order valence-corrected chi connectivity index (χ4v) is 2.46. The second kappa shape index (κ2) is 4.09. The standard InChI is InChI=1S/C9H4F4O3S2/c10-8-5-3-4-17-7(5)2-1-6(8)16-18(14,15)9(11,12)13/h1-4H. The molecule has 0 atom stereocenters. The van der Waals surface area contributed by atoms with Crippen molar-refractivity contribution < 1.29 is 30.2 Å². The van der Waals surface area contributed by atoms with Gasteiger partial charge >= 0.3 is 15.6 Å². The van der Waals surface area contributed by atoms with Gasteiger partial charge in [0.1, 0.15) is 0 Å². The minimum atomic E-state index is -5.86. The molecule has 0 aliphatic carbocycles. The lowest BCUT2D eigenvalue weighted by atomic mass is 10.2. The summed E-state index contributed by atoms with van der Waals surface area (Å²) in [6.07, 6.45) is 0. The van der Waals surface area contributed by atoms with Crippen molar-refractivity contribution >= 4 is 31.5 Å². The van der Waals surface area contributed by atoms with Crippen molar-refractivity contribution in [1.29, 1.82) is 0 Å². The normalized spacial score (nSPS) is 12.9. The number of hydrogen-bond donors (Lipinski definition) is 0. The van der Waals surface area contributed by atoms with E-state index in [0.29, 0.717) is 4.70 Å². The van der Waals surface area contributed by atoms with Crippen LogP contribution in [0.5, 0.6) is 5.75 Å². The van der Waals surface area contributed by atoms with Gasteiger partial charge in [0.05, 0.1) is 0 Å². The van der Waals surface area contributed by atoms with Gasteiger partial charge in [-0.15, -0.1) is 11.3 Å². The fraction of sp³-hybridized carbons (Fsp3) is 0.111. The van der Waals surface area contributed by atoms with Crippen molar-refractivity contribution in [2.24, 2.45) is 0 Å². The number of alkyl halides is 3. The van der Waals surface area contributed by atoms with E-state index in [0.717, 1.165) is 6.07 Å². The molecule has 98 valence electrons. The first-order chi connectivity index (χ1) is 8.22. The second-order valence-electron chi connectivity index (χ2n) is 3.19. The van der Waals surface area contributed by atoms with E-state index >= 15 is 0 Å². The smallest absolute Gasteiger partial charge is 0.373 e. The highest BCUT2D eigenvalue weighted by molar-refractivity contribution is 7.88. The first kappa shape index (κ1) is 13.1. The molecule has 0 radical (unpaired) electrons. The Balaban J connectivity index is 2.48. The lowest BCUT2D eigenvalue weighted by Crippen LogP contribution is -2.28. The molecule has 1 aromatic heterocycles. The first-order valence-corrected chi connectivity index (χ1v) is 6.67. The molecular weight excluding hydrogens is 296 g/mol. The Morgan fingerprint density at radius 2 is 1.83 bits per heavy atom. The Bertz CT molecular complexity index is 687. The maximum Gasteiger partial charge on any atom is 0.534 e. The predicted octanol–water partition coefficient (Wildman–Crippen LogP) is 3.27. The fourth-order valence-electron chi connectivity index (χ4n) is 1.22. The average molecular weight is 300 g/mol. The number of rotatable bonds is 2. The van der Waals surface area contributed by atoms with E-state index in [2.05, 4.69) is 4.18 Å². The van der Waals surface area contributed by atoms with Crippen LogP contribution < -0.4 is 4.18 Å². The van der Waals surface area contributed by atoms with Crippen LogP contribution in [0.2, 0.25) is 0 Å². The van der Waals surface area contributed by atoms with Crippen LogP contribution in [0.4, 0.5) is 17.6 Å². The number of fused-ring (bicyclic) bond motifs is 1. The molecule has 2 aromatic rings. The summed E-state index contributed by atoms with van der Waals surface area (Å²) < 4.78 is 75.6. The van der Waals surface area contributed by atoms with E-state index in [4.69, 9.17) is 0 Å². The number of hydrogen-bond acceptors (Lipinski definition) is 4. The van der Waals surface area contributed by atoms with Gasteiger partial charge < -0.3 is 4.18 Å². The molecule has 0 aliphatic heterocycles. The quantitative estimate of drug-likeness (QED) is 0.486.